The molecule has 0 aromatic heterocycles. The van der Waals surface area contributed by atoms with Gasteiger partial charge in [0.05, 0.1) is 0 Å². The number of aliphatic carboxylic acids is 2. The van der Waals surface area contributed by atoms with Crippen LogP contribution in [0.3, 0.4) is 0 Å². The number of hydrogen-bond acceptors (Lipinski definition) is 2. The van der Waals surface area contributed by atoms with Crippen molar-refractivity contribution < 1.29 is 36.8 Å². The van der Waals surface area contributed by atoms with Crippen molar-refractivity contribution >= 4 is 50.9 Å². The average molecular weight is 809 g/mol. The third-order valence-corrected chi connectivity index (χ3v) is 9.28. The first-order valence-corrected chi connectivity index (χ1v) is 20.7. The molecule has 7 heteroatoms. The van der Waals surface area contributed by atoms with Crippen LogP contribution in [0.5, 0.6) is 0 Å². The fourth-order valence-electron chi connectivity index (χ4n) is 5.23. The summed E-state index contributed by atoms with van der Waals surface area (Å²) in [6.45, 7) is 8.84. The quantitative estimate of drug-likeness (QED) is 0.0300. The maximum absolute atomic E-state index is 10.4. The Balaban J connectivity index is -0.000000217. The van der Waals surface area contributed by atoms with Gasteiger partial charge in [0.15, 0.2) is 0 Å². The monoisotopic (exact) mass is 806 g/mol. The van der Waals surface area contributed by atoms with Crippen LogP contribution in [-0.4, -0.2) is 50.5 Å². The number of carboxylic acid groups (broad SMARTS) is 2. The van der Waals surface area contributed by atoms with Crippen LogP contribution >= 0.6 is 15.9 Å². The molecule has 0 fully saturated rings. The molecule has 0 radical (unpaired) electrons. The molecule has 2 N–H and O–H groups in total. The van der Waals surface area contributed by atoms with E-state index < -0.39 is 11.9 Å². The van der Waals surface area contributed by atoms with Gasteiger partial charge < -0.3 is 33.6 Å². The first-order valence-electron chi connectivity index (χ1n) is 19.6. The summed E-state index contributed by atoms with van der Waals surface area (Å²) in [6, 6.07) is 0. The van der Waals surface area contributed by atoms with Gasteiger partial charge in [-0.15, -0.1) is 0 Å². The van der Waals surface area contributed by atoms with Crippen molar-refractivity contribution in [3.8, 4) is 0 Å². The van der Waals surface area contributed by atoms with Crippen LogP contribution in [-0.2, 0) is 9.59 Å². The zero-order valence-electron chi connectivity index (χ0n) is 32.0. The molecular formula is C40H80Br2MgO4. The molecule has 0 aliphatic heterocycles. The topological polar surface area (TPSA) is 74.6 Å². The molecule has 0 aromatic rings. The van der Waals surface area contributed by atoms with Gasteiger partial charge in [-0.25, -0.2) is 0 Å². The average Bonchev–Trinajstić information content (AvgIpc) is 3.03. The van der Waals surface area contributed by atoms with E-state index in [0.717, 1.165) is 36.9 Å². The molecule has 0 saturated carbocycles. The number of alkyl halides is 1. The number of carbonyl (C=O) groups is 2. The zero-order valence-corrected chi connectivity index (χ0v) is 36.5. The third-order valence-electron chi connectivity index (χ3n) is 8.72. The molecule has 0 bridgehead atoms. The van der Waals surface area contributed by atoms with Gasteiger partial charge in [-0.2, -0.15) is 13.3 Å². The Morgan fingerprint density at radius 2 is 0.766 bits per heavy atom. The Bertz CT molecular complexity index is 564. The Morgan fingerprint density at radius 1 is 0.532 bits per heavy atom. The van der Waals surface area contributed by atoms with Gasteiger partial charge in [-0.3, -0.25) is 9.59 Å². The first-order chi connectivity index (χ1) is 21.8. The van der Waals surface area contributed by atoms with Crippen LogP contribution in [0.1, 0.15) is 227 Å². The van der Waals surface area contributed by atoms with Crippen LogP contribution in [0.2, 0.25) is 0 Å². The van der Waals surface area contributed by atoms with Gasteiger partial charge >= 0.3 is 35.0 Å². The van der Waals surface area contributed by atoms with Crippen LogP contribution in [0.15, 0.2) is 0 Å². The molecule has 0 heterocycles. The maximum atomic E-state index is 10.4. The molecule has 1 unspecified atom stereocenters. The summed E-state index contributed by atoms with van der Waals surface area (Å²) in [7, 11) is 0. The fraction of sp³-hybridized carbons (Fsp3) is 0.925. The number of unbranched alkanes of at least 4 members (excludes halogenated alkanes) is 25. The molecule has 0 spiro atoms. The van der Waals surface area contributed by atoms with Crippen LogP contribution in [0.25, 0.3) is 0 Å². The zero-order chi connectivity index (χ0) is 34.1. The molecule has 0 amide bonds. The van der Waals surface area contributed by atoms with Crippen molar-refractivity contribution in [1.82, 2.24) is 0 Å². The Kier molecular flexibility index (Phi) is 64.9. The molecule has 0 rings (SSSR count). The molecule has 0 saturated heterocycles. The number of carboxylic acids is 2. The third kappa shape index (κ3) is 65.6. The molecule has 0 aliphatic rings. The van der Waals surface area contributed by atoms with E-state index in [4.69, 9.17) is 10.2 Å². The smallest absolute Gasteiger partial charge is 1.00 e. The molecule has 0 aromatic carbocycles. The van der Waals surface area contributed by atoms with Crippen molar-refractivity contribution in [1.29, 1.82) is 0 Å². The van der Waals surface area contributed by atoms with Gasteiger partial charge in [-0.1, -0.05) is 197 Å². The standard InChI is InChI=1S/C20H40O2.C16H31BrO2.C4H9.BrH.Mg/c1-3-19(2)17-15-13-11-9-7-5-4-6-8-10-12-14-16-18-20(21)22;17-15-13-11-9-7-5-3-1-2-4-6-8-10-12-14-16(18)19;1-3-4-2;;/h19H,3-18H2,1-2H3,(H,21,22);1-15H2,(H,18,19);3H,4H2,1-2H3;1H;/q;;-1;;+2/p-1. The van der Waals surface area contributed by atoms with E-state index in [0.29, 0.717) is 12.8 Å². The largest absolute Gasteiger partial charge is 2.00 e. The van der Waals surface area contributed by atoms with E-state index in [1.807, 2.05) is 0 Å². The van der Waals surface area contributed by atoms with E-state index >= 15 is 0 Å². The van der Waals surface area contributed by atoms with Gasteiger partial charge in [0.1, 0.15) is 0 Å². The summed E-state index contributed by atoms with van der Waals surface area (Å²) in [5.74, 6) is -0.389. The summed E-state index contributed by atoms with van der Waals surface area (Å²) >= 11 is 3.46. The van der Waals surface area contributed by atoms with Gasteiger partial charge in [0.2, 0.25) is 0 Å². The minimum absolute atomic E-state index is 0. The minimum atomic E-state index is -0.656. The Morgan fingerprint density at radius 3 is 0.979 bits per heavy atom. The molecule has 1 atom stereocenters. The van der Waals surface area contributed by atoms with E-state index in [-0.39, 0.29) is 40.0 Å². The number of halogens is 2. The van der Waals surface area contributed by atoms with Crippen LogP contribution in [0, 0.1) is 12.3 Å². The van der Waals surface area contributed by atoms with Gasteiger partial charge in [0.25, 0.3) is 0 Å². The molecule has 47 heavy (non-hydrogen) atoms. The molecule has 0 aliphatic carbocycles. The van der Waals surface area contributed by atoms with Crippen molar-refractivity contribution in [3.63, 3.8) is 0 Å². The summed E-state index contributed by atoms with van der Waals surface area (Å²) in [5.41, 5.74) is 0. The number of rotatable bonds is 33. The second-order valence-corrected chi connectivity index (χ2v) is 14.1. The van der Waals surface area contributed by atoms with E-state index in [9.17, 15) is 9.59 Å². The van der Waals surface area contributed by atoms with Gasteiger partial charge in [0, 0.05) is 18.2 Å². The van der Waals surface area contributed by atoms with Crippen molar-refractivity contribution in [2.45, 2.75) is 227 Å². The van der Waals surface area contributed by atoms with Crippen LogP contribution < -0.4 is 17.0 Å². The van der Waals surface area contributed by atoms with E-state index in [1.165, 1.54) is 161 Å². The molecule has 280 valence electrons. The fourth-order valence-corrected chi connectivity index (χ4v) is 5.63. The predicted molar refractivity (Wildman–Crippen MR) is 208 cm³/mol. The first kappa shape index (κ1) is 57.0. The Labute approximate surface area is 330 Å². The predicted octanol–water partition coefficient (Wildman–Crippen LogP) is 11.1. The Hall–Kier alpha value is 0.666. The summed E-state index contributed by atoms with van der Waals surface area (Å²) in [5, 5.41) is 18.2. The van der Waals surface area contributed by atoms with Crippen molar-refractivity contribution in [3.05, 3.63) is 6.42 Å². The summed E-state index contributed by atoms with van der Waals surface area (Å²) in [6.07, 6.45) is 40.6. The molecular weight excluding hydrogens is 729 g/mol. The number of hydrogen-bond donors (Lipinski definition) is 2. The van der Waals surface area contributed by atoms with Crippen molar-refractivity contribution in [2.75, 3.05) is 5.33 Å². The van der Waals surface area contributed by atoms with Crippen molar-refractivity contribution in [2.24, 2.45) is 5.92 Å². The summed E-state index contributed by atoms with van der Waals surface area (Å²) < 4.78 is 0. The van der Waals surface area contributed by atoms with Crippen LogP contribution in [0.4, 0.5) is 0 Å². The van der Waals surface area contributed by atoms with Gasteiger partial charge in [-0.05, 0) is 25.2 Å². The minimum Gasteiger partial charge on any atom is -1.00 e. The normalized spacial score (nSPS) is 10.8. The maximum Gasteiger partial charge on any atom is 2.00 e. The van der Waals surface area contributed by atoms with E-state index in [1.54, 1.807) is 0 Å². The van der Waals surface area contributed by atoms with E-state index in [2.05, 4.69) is 50.0 Å². The molecule has 4 nitrogen and oxygen atoms in total. The second kappa shape index (κ2) is 53.5. The summed E-state index contributed by atoms with van der Waals surface area (Å²) in [4.78, 5) is 20.7. The second-order valence-electron chi connectivity index (χ2n) is 13.3. The SMILES string of the molecule is CCC(C)CCCCCCCCCCCCCCCC(=O)O.C[CH-]CC.O=C(O)CCCCCCCCCCCCCCCBr.[Br-].[Mg+2].